The fraction of sp³-hybridized carbons (Fsp3) is 0.333. The molecule has 0 aliphatic heterocycles. The van der Waals surface area contributed by atoms with Crippen molar-refractivity contribution in [3.05, 3.63) is 59.2 Å². The van der Waals surface area contributed by atoms with Crippen molar-refractivity contribution in [3.63, 3.8) is 0 Å². The molecule has 2 rings (SSSR count). The maximum atomic E-state index is 9.57. The fourth-order valence-corrected chi connectivity index (χ4v) is 1.88. The van der Waals surface area contributed by atoms with Crippen LogP contribution in [0.15, 0.2) is 42.5 Å². The Morgan fingerprint density at radius 2 is 1.40 bits per heavy atom. The van der Waals surface area contributed by atoms with Crippen LogP contribution in [-0.4, -0.2) is 10.2 Å². The third-order valence-corrected chi connectivity index (χ3v) is 2.96. The SMILES string of the molecule is Cc1ccc(O)c(C(C)(C)C)c1.Cc1cccc(O)c1. The second kappa shape index (κ2) is 6.47. The largest absolute Gasteiger partial charge is 0.508 e. The molecule has 20 heavy (non-hydrogen) atoms. The minimum atomic E-state index is 0.0239. The summed E-state index contributed by atoms with van der Waals surface area (Å²) in [5.41, 5.74) is 3.32. The molecule has 0 unspecified atom stereocenters. The maximum absolute atomic E-state index is 9.57. The zero-order valence-corrected chi connectivity index (χ0v) is 12.9. The highest BCUT2D eigenvalue weighted by molar-refractivity contribution is 5.40. The van der Waals surface area contributed by atoms with Crippen molar-refractivity contribution in [2.75, 3.05) is 0 Å². The van der Waals surface area contributed by atoms with Gasteiger partial charge in [0.2, 0.25) is 0 Å². The average Bonchev–Trinajstić information content (AvgIpc) is 2.31. The van der Waals surface area contributed by atoms with Gasteiger partial charge in [0.25, 0.3) is 0 Å². The molecular formula is C18H24O2. The lowest BCUT2D eigenvalue weighted by molar-refractivity contribution is 0.446. The van der Waals surface area contributed by atoms with Crippen molar-refractivity contribution in [1.29, 1.82) is 0 Å². The number of benzene rings is 2. The van der Waals surface area contributed by atoms with Crippen LogP contribution in [0.1, 0.15) is 37.5 Å². The second-order valence-electron chi connectivity index (χ2n) is 6.11. The first-order valence-electron chi connectivity index (χ1n) is 6.76. The smallest absolute Gasteiger partial charge is 0.119 e. The third-order valence-electron chi connectivity index (χ3n) is 2.96. The Balaban J connectivity index is 0.000000217. The van der Waals surface area contributed by atoms with Crippen LogP contribution in [0.25, 0.3) is 0 Å². The highest BCUT2D eigenvalue weighted by Gasteiger charge is 2.17. The molecule has 0 spiro atoms. The van der Waals surface area contributed by atoms with Gasteiger partial charge in [0.05, 0.1) is 0 Å². The van der Waals surface area contributed by atoms with Crippen LogP contribution >= 0.6 is 0 Å². The van der Waals surface area contributed by atoms with Gasteiger partial charge in [-0.2, -0.15) is 0 Å². The molecule has 2 N–H and O–H groups in total. The Morgan fingerprint density at radius 3 is 1.80 bits per heavy atom. The van der Waals surface area contributed by atoms with Crippen LogP contribution in [0.3, 0.4) is 0 Å². The van der Waals surface area contributed by atoms with E-state index in [0.29, 0.717) is 11.5 Å². The Hall–Kier alpha value is -1.96. The predicted octanol–water partition coefficient (Wildman–Crippen LogP) is 4.70. The van der Waals surface area contributed by atoms with Gasteiger partial charge in [-0.05, 0) is 48.6 Å². The third kappa shape index (κ3) is 4.96. The van der Waals surface area contributed by atoms with E-state index < -0.39 is 0 Å². The molecule has 0 aliphatic rings. The van der Waals surface area contributed by atoms with Gasteiger partial charge in [0.1, 0.15) is 11.5 Å². The summed E-state index contributed by atoms with van der Waals surface area (Å²) in [7, 11) is 0. The summed E-state index contributed by atoms with van der Waals surface area (Å²) in [6, 6.07) is 12.9. The normalized spacial score (nSPS) is 10.7. The van der Waals surface area contributed by atoms with Crippen molar-refractivity contribution in [2.24, 2.45) is 0 Å². The summed E-state index contributed by atoms with van der Waals surface area (Å²) in [5, 5.41) is 18.4. The van der Waals surface area contributed by atoms with Crippen LogP contribution in [0.4, 0.5) is 0 Å². The minimum Gasteiger partial charge on any atom is -0.508 e. The first-order valence-corrected chi connectivity index (χ1v) is 6.76. The van der Waals surface area contributed by atoms with Gasteiger partial charge in [-0.3, -0.25) is 0 Å². The van der Waals surface area contributed by atoms with Gasteiger partial charge < -0.3 is 10.2 Å². The quantitative estimate of drug-likeness (QED) is 0.730. The zero-order valence-electron chi connectivity index (χ0n) is 12.9. The fourth-order valence-electron chi connectivity index (χ4n) is 1.88. The molecule has 0 radical (unpaired) electrons. The van der Waals surface area contributed by atoms with E-state index in [4.69, 9.17) is 5.11 Å². The molecule has 2 aromatic carbocycles. The van der Waals surface area contributed by atoms with Crippen molar-refractivity contribution in [1.82, 2.24) is 0 Å². The average molecular weight is 272 g/mol. The molecule has 0 bridgehead atoms. The highest BCUT2D eigenvalue weighted by atomic mass is 16.3. The number of phenols is 2. The minimum absolute atomic E-state index is 0.0239. The topological polar surface area (TPSA) is 40.5 Å². The Labute approximate surface area is 121 Å². The van der Waals surface area contributed by atoms with Crippen molar-refractivity contribution < 1.29 is 10.2 Å². The summed E-state index contributed by atoms with van der Waals surface area (Å²) in [6.45, 7) is 10.3. The molecule has 0 aromatic heterocycles. The van der Waals surface area contributed by atoms with Gasteiger partial charge in [-0.25, -0.2) is 0 Å². The number of aryl methyl sites for hydroxylation is 2. The van der Waals surface area contributed by atoms with Gasteiger partial charge in [-0.15, -0.1) is 0 Å². The van der Waals surface area contributed by atoms with E-state index in [0.717, 1.165) is 11.1 Å². The van der Waals surface area contributed by atoms with Crippen molar-refractivity contribution >= 4 is 0 Å². The Kier molecular flexibility index (Phi) is 5.20. The molecule has 2 aromatic rings. The molecular weight excluding hydrogens is 248 g/mol. The van der Waals surface area contributed by atoms with E-state index in [9.17, 15) is 5.11 Å². The lowest BCUT2D eigenvalue weighted by Crippen LogP contribution is -2.11. The maximum Gasteiger partial charge on any atom is 0.119 e. The lowest BCUT2D eigenvalue weighted by Gasteiger charge is -2.20. The van der Waals surface area contributed by atoms with Gasteiger partial charge in [0.15, 0.2) is 0 Å². The van der Waals surface area contributed by atoms with E-state index in [2.05, 4.69) is 20.8 Å². The van der Waals surface area contributed by atoms with E-state index in [1.807, 2.05) is 38.1 Å². The Morgan fingerprint density at radius 1 is 0.800 bits per heavy atom. The van der Waals surface area contributed by atoms with Crippen molar-refractivity contribution in [3.8, 4) is 11.5 Å². The molecule has 108 valence electrons. The molecule has 0 heterocycles. The van der Waals surface area contributed by atoms with Crippen LogP contribution in [0.5, 0.6) is 11.5 Å². The van der Waals surface area contributed by atoms with Gasteiger partial charge >= 0.3 is 0 Å². The summed E-state index contributed by atoms with van der Waals surface area (Å²) in [4.78, 5) is 0. The molecule has 0 aliphatic carbocycles. The van der Waals surface area contributed by atoms with Crippen molar-refractivity contribution in [2.45, 2.75) is 40.0 Å². The summed E-state index contributed by atoms with van der Waals surface area (Å²) >= 11 is 0. The number of hydrogen-bond acceptors (Lipinski definition) is 2. The highest BCUT2D eigenvalue weighted by Crippen LogP contribution is 2.30. The summed E-state index contributed by atoms with van der Waals surface area (Å²) in [6.07, 6.45) is 0. The molecule has 0 atom stereocenters. The first kappa shape index (κ1) is 16.1. The van der Waals surface area contributed by atoms with Crippen LogP contribution in [0, 0.1) is 13.8 Å². The molecule has 0 saturated heterocycles. The van der Waals surface area contributed by atoms with E-state index in [1.165, 1.54) is 5.56 Å². The van der Waals surface area contributed by atoms with Crippen LogP contribution in [-0.2, 0) is 5.41 Å². The molecule has 0 saturated carbocycles. The number of aromatic hydroxyl groups is 2. The van der Waals surface area contributed by atoms with Crippen LogP contribution in [0.2, 0.25) is 0 Å². The monoisotopic (exact) mass is 272 g/mol. The molecule has 2 nitrogen and oxygen atoms in total. The lowest BCUT2D eigenvalue weighted by atomic mass is 9.85. The van der Waals surface area contributed by atoms with Gasteiger partial charge in [-0.1, -0.05) is 50.6 Å². The van der Waals surface area contributed by atoms with E-state index >= 15 is 0 Å². The first-order chi connectivity index (χ1) is 9.20. The summed E-state index contributed by atoms with van der Waals surface area (Å²) in [5.74, 6) is 0.734. The number of phenolic OH excluding ortho intramolecular Hbond substituents is 2. The van der Waals surface area contributed by atoms with E-state index in [1.54, 1.807) is 18.2 Å². The predicted molar refractivity (Wildman–Crippen MR) is 84.4 cm³/mol. The zero-order chi connectivity index (χ0) is 15.3. The standard InChI is InChI=1S/C11H16O.C7H8O/c1-8-5-6-10(12)9(7-8)11(2,3)4;1-6-3-2-4-7(8)5-6/h5-7,12H,1-4H3;2-5,8H,1H3. The molecule has 2 heteroatoms. The van der Waals surface area contributed by atoms with Crippen LogP contribution < -0.4 is 0 Å². The van der Waals surface area contributed by atoms with E-state index in [-0.39, 0.29) is 5.41 Å². The molecule has 0 fully saturated rings. The Bertz CT molecular complexity index is 549. The second-order valence-corrected chi connectivity index (χ2v) is 6.11. The number of hydrogen-bond donors (Lipinski definition) is 2. The number of rotatable bonds is 0. The van der Waals surface area contributed by atoms with Gasteiger partial charge in [0, 0.05) is 0 Å². The summed E-state index contributed by atoms with van der Waals surface area (Å²) < 4.78 is 0. The molecule has 0 amide bonds.